The molecule has 1 aromatic carbocycles. The molecule has 1 aliphatic rings. The third kappa shape index (κ3) is 6.52. The summed E-state index contributed by atoms with van der Waals surface area (Å²) in [4.78, 5) is 0. The van der Waals surface area contributed by atoms with E-state index in [2.05, 4.69) is 24.2 Å². The van der Waals surface area contributed by atoms with Gasteiger partial charge in [-0.15, -0.1) is 0 Å². The lowest BCUT2D eigenvalue weighted by Gasteiger charge is -2.10. The largest absolute Gasteiger partial charge is 0.374 e. The second-order valence-corrected chi connectivity index (χ2v) is 6.63. The van der Waals surface area contributed by atoms with E-state index in [9.17, 15) is 0 Å². The number of nitrogens with zero attached hydrogens (tertiary/aromatic N) is 1. The van der Waals surface area contributed by atoms with Gasteiger partial charge in [0.2, 0.25) is 0 Å². The van der Waals surface area contributed by atoms with Crippen LogP contribution in [0.4, 0.5) is 0 Å². The van der Waals surface area contributed by atoms with Crippen molar-refractivity contribution in [2.75, 3.05) is 5.75 Å². The first-order valence-electron chi connectivity index (χ1n) is 9.48. The fourth-order valence-electron chi connectivity index (χ4n) is 2.68. The lowest BCUT2D eigenvalue weighted by atomic mass is 10.1. The molecule has 2 aromatic rings. The molecule has 1 saturated heterocycles. The Morgan fingerprint density at radius 3 is 2.36 bits per heavy atom. The van der Waals surface area contributed by atoms with Crippen LogP contribution in [0.15, 0.2) is 34.9 Å². The summed E-state index contributed by atoms with van der Waals surface area (Å²) in [6, 6.07) is 10.2. The molecule has 0 spiro atoms. The van der Waals surface area contributed by atoms with Crippen molar-refractivity contribution in [3.63, 3.8) is 0 Å². The molecule has 3 nitrogen and oxygen atoms in total. The molecule has 25 heavy (non-hydrogen) atoms. The highest BCUT2D eigenvalue weighted by Gasteiger charge is 2.22. The zero-order chi connectivity index (χ0) is 18.7. The average molecular weight is 364 g/mol. The van der Waals surface area contributed by atoms with Gasteiger partial charge in [0, 0.05) is 22.6 Å². The van der Waals surface area contributed by atoms with Crippen LogP contribution in [0.3, 0.4) is 0 Å². The van der Waals surface area contributed by atoms with E-state index in [-0.39, 0.29) is 0 Å². The smallest absolute Gasteiger partial charge is 0.171 e. The molecular formula is C21H33NO2S. The van der Waals surface area contributed by atoms with E-state index < -0.39 is 0 Å². The summed E-state index contributed by atoms with van der Waals surface area (Å²) in [7, 11) is 0. The van der Waals surface area contributed by atoms with Gasteiger partial charge in [0.05, 0.1) is 17.9 Å². The molecular weight excluding hydrogens is 330 g/mol. The number of rotatable bonds is 5. The highest BCUT2D eigenvalue weighted by Crippen LogP contribution is 2.30. The Bertz CT molecular complexity index is 583. The number of aromatic nitrogens is 1. The van der Waals surface area contributed by atoms with Gasteiger partial charge in [-0.05, 0) is 26.7 Å². The van der Waals surface area contributed by atoms with Crippen molar-refractivity contribution in [1.82, 2.24) is 5.16 Å². The molecule has 0 radical (unpaired) electrons. The number of hydrogen-bond acceptors (Lipinski definition) is 4. The molecule has 1 aromatic heterocycles. The van der Waals surface area contributed by atoms with Crippen molar-refractivity contribution >= 4 is 11.8 Å². The summed E-state index contributed by atoms with van der Waals surface area (Å²) >= 11 is 1.91. The number of benzene rings is 1. The Hall–Kier alpha value is -1.26. The van der Waals surface area contributed by atoms with Gasteiger partial charge >= 0.3 is 0 Å². The van der Waals surface area contributed by atoms with Crippen molar-refractivity contribution in [2.24, 2.45) is 0 Å². The topological polar surface area (TPSA) is 35.3 Å². The molecule has 1 fully saturated rings. The maximum absolute atomic E-state index is 5.87. The molecule has 140 valence electrons. The summed E-state index contributed by atoms with van der Waals surface area (Å²) < 4.78 is 11.4. The maximum Gasteiger partial charge on any atom is 0.171 e. The lowest BCUT2D eigenvalue weighted by molar-refractivity contribution is 0.0700. The van der Waals surface area contributed by atoms with Gasteiger partial charge in [-0.1, -0.05) is 63.2 Å². The van der Waals surface area contributed by atoms with Crippen LogP contribution < -0.4 is 0 Å². The van der Waals surface area contributed by atoms with Crippen LogP contribution in [0.25, 0.3) is 11.3 Å². The van der Waals surface area contributed by atoms with E-state index in [0.717, 1.165) is 28.5 Å². The van der Waals surface area contributed by atoms with Crippen LogP contribution in [-0.4, -0.2) is 23.1 Å². The van der Waals surface area contributed by atoms with E-state index in [1.165, 1.54) is 18.4 Å². The summed E-state index contributed by atoms with van der Waals surface area (Å²) in [5.74, 6) is 2.87. The second kappa shape index (κ2) is 12.2. The number of hydrogen-bond donors (Lipinski definition) is 0. The number of aryl methyl sites for hydroxylation is 1. The first kappa shape index (κ1) is 21.8. The fraction of sp³-hybridized carbons (Fsp3) is 0.571. The van der Waals surface area contributed by atoms with Crippen LogP contribution in [-0.2, 0) is 10.5 Å². The Kier molecular flexibility index (Phi) is 10.6. The molecule has 4 heteroatoms. The van der Waals surface area contributed by atoms with Gasteiger partial charge in [-0.3, -0.25) is 0 Å². The molecule has 2 atom stereocenters. The Morgan fingerprint density at radius 2 is 1.76 bits per heavy atom. The summed E-state index contributed by atoms with van der Waals surface area (Å²) in [5, 5.41) is 4.14. The third-order valence-electron chi connectivity index (χ3n) is 3.89. The van der Waals surface area contributed by atoms with Crippen molar-refractivity contribution in [2.45, 2.75) is 72.3 Å². The van der Waals surface area contributed by atoms with Crippen molar-refractivity contribution in [3.8, 4) is 11.3 Å². The van der Waals surface area contributed by atoms with Crippen molar-refractivity contribution < 1.29 is 9.26 Å². The van der Waals surface area contributed by atoms with E-state index in [0.29, 0.717) is 12.2 Å². The molecule has 0 aliphatic carbocycles. The van der Waals surface area contributed by atoms with Gasteiger partial charge in [-0.25, -0.2) is 0 Å². The summed E-state index contributed by atoms with van der Waals surface area (Å²) in [5.41, 5.74) is 3.29. The summed E-state index contributed by atoms with van der Waals surface area (Å²) in [6.45, 7) is 12.2. The lowest BCUT2D eigenvalue weighted by Crippen LogP contribution is -2.11. The molecule has 0 bridgehead atoms. The van der Waals surface area contributed by atoms with E-state index in [1.54, 1.807) is 0 Å². The SMILES string of the molecule is CC.CC.Cc1noc(-c2ccccc2)c1CSCC1CCC(C)O1. The Morgan fingerprint density at radius 1 is 1.08 bits per heavy atom. The fourth-order valence-corrected chi connectivity index (χ4v) is 3.85. The highest BCUT2D eigenvalue weighted by molar-refractivity contribution is 7.98. The zero-order valence-electron chi connectivity index (χ0n) is 16.5. The minimum Gasteiger partial charge on any atom is -0.374 e. The third-order valence-corrected chi connectivity index (χ3v) is 4.99. The highest BCUT2D eigenvalue weighted by atomic mass is 32.2. The van der Waals surface area contributed by atoms with Crippen LogP contribution in [0.5, 0.6) is 0 Å². The average Bonchev–Trinajstić information content (AvgIpc) is 3.25. The van der Waals surface area contributed by atoms with E-state index in [4.69, 9.17) is 9.26 Å². The molecule has 0 saturated carbocycles. The van der Waals surface area contributed by atoms with Gasteiger partial charge in [0.1, 0.15) is 0 Å². The van der Waals surface area contributed by atoms with Gasteiger partial charge in [0.15, 0.2) is 5.76 Å². The minimum atomic E-state index is 0.408. The van der Waals surface area contributed by atoms with Gasteiger partial charge in [-0.2, -0.15) is 11.8 Å². The maximum atomic E-state index is 5.87. The van der Waals surface area contributed by atoms with Crippen LogP contribution >= 0.6 is 11.8 Å². The van der Waals surface area contributed by atoms with E-state index >= 15 is 0 Å². The number of ether oxygens (including phenoxy) is 1. The molecule has 0 amide bonds. The van der Waals surface area contributed by atoms with Crippen molar-refractivity contribution in [1.29, 1.82) is 0 Å². The molecule has 1 aliphatic heterocycles. The normalized spacial score (nSPS) is 18.8. The van der Waals surface area contributed by atoms with Crippen molar-refractivity contribution in [3.05, 3.63) is 41.6 Å². The quantitative estimate of drug-likeness (QED) is 0.607. The van der Waals surface area contributed by atoms with Gasteiger partial charge < -0.3 is 9.26 Å². The predicted molar refractivity (Wildman–Crippen MR) is 109 cm³/mol. The van der Waals surface area contributed by atoms with E-state index in [1.807, 2.05) is 64.6 Å². The van der Waals surface area contributed by atoms with Crippen LogP contribution in [0, 0.1) is 6.92 Å². The second-order valence-electron chi connectivity index (χ2n) is 5.60. The number of thioether (sulfide) groups is 1. The van der Waals surface area contributed by atoms with Crippen LogP contribution in [0.2, 0.25) is 0 Å². The zero-order valence-corrected chi connectivity index (χ0v) is 17.4. The monoisotopic (exact) mass is 363 g/mol. The van der Waals surface area contributed by atoms with Gasteiger partial charge in [0.25, 0.3) is 0 Å². The molecule has 3 rings (SSSR count). The predicted octanol–water partition coefficient (Wildman–Crippen LogP) is 6.50. The first-order valence-corrected chi connectivity index (χ1v) is 10.6. The standard InChI is InChI=1S/C17H21NO2S.2C2H6/c1-12-8-9-15(19-12)10-21-11-16-13(2)18-20-17(16)14-6-4-3-5-7-14;2*1-2/h3-7,12,15H,8-11H2,1-2H3;2*1-2H3. The molecule has 2 unspecified atom stereocenters. The summed E-state index contributed by atoms with van der Waals surface area (Å²) in [6.07, 6.45) is 3.20. The molecule has 2 heterocycles. The minimum absolute atomic E-state index is 0.408. The Balaban J connectivity index is 0.000000730. The Labute approximate surface area is 157 Å². The van der Waals surface area contributed by atoms with Crippen LogP contribution in [0.1, 0.15) is 58.7 Å². The first-order chi connectivity index (χ1) is 12.2. The molecule has 0 N–H and O–H groups in total.